The Bertz CT molecular complexity index is 601. The molecule has 0 spiro atoms. The van der Waals surface area contributed by atoms with Crippen LogP contribution >= 0.6 is 11.6 Å². The molecule has 0 fully saturated rings. The van der Waals surface area contributed by atoms with Crippen molar-refractivity contribution in [1.82, 2.24) is 4.98 Å². The van der Waals surface area contributed by atoms with E-state index < -0.39 is 11.8 Å². The van der Waals surface area contributed by atoms with Crippen molar-refractivity contribution in [3.8, 4) is 0 Å². The van der Waals surface area contributed by atoms with Gasteiger partial charge in [0, 0.05) is 11.9 Å². The minimum atomic E-state index is -0.803. The molecular formula is C14H12ClN3O2. The zero-order valence-electron chi connectivity index (χ0n) is 10.7. The summed E-state index contributed by atoms with van der Waals surface area (Å²) in [5.41, 5.74) is 1.75. The van der Waals surface area contributed by atoms with Gasteiger partial charge in [0.1, 0.15) is 0 Å². The van der Waals surface area contributed by atoms with Crippen molar-refractivity contribution in [1.29, 1.82) is 0 Å². The Morgan fingerprint density at radius 3 is 2.25 bits per heavy atom. The molecule has 0 atom stereocenters. The molecule has 0 saturated carbocycles. The Morgan fingerprint density at radius 2 is 1.60 bits per heavy atom. The van der Waals surface area contributed by atoms with Crippen molar-refractivity contribution in [2.45, 2.75) is 6.92 Å². The number of pyridine rings is 1. The number of hydrogen-bond donors (Lipinski definition) is 2. The molecule has 0 aliphatic heterocycles. The third kappa shape index (κ3) is 3.33. The third-order valence-corrected chi connectivity index (χ3v) is 2.91. The number of rotatable bonds is 2. The lowest BCUT2D eigenvalue weighted by Gasteiger charge is -2.08. The summed E-state index contributed by atoms with van der Waals surface area (Å²) in [7, 11) is 0. The molecule has 2 amide bonds. The van der Waals surface area contributed by atoms with Crippen LogP contribution in [0, 0.1) is 6.92 Å². The molecule has 102 valence electrons. The van der Waals surface area contributed by atoms with E-state index >= 15 is 0 Å². The van der Waals surface area contributed by atoms with Crippen LogP contribution in [0.4, 0.5) is 11.4 Å². The normalized spacial score (nSPS) is 9.90. The van der Waals surface area contributed by atoms with Gasteiger partial charge in [-0.1, -0.05) is 29.8 Å². The van der Waals surface area contributed by atoms with Crippen molar-refractivity contribution in [3.63, 3.8) is 0 Å². The van der Waals surface area contributed by atoms with E-state index in [-0.39, 0.29) is 5.15 Å². The van der Waals surface area contributed by atoms with Gasteiger partial charge in [-0.3, -0.25) is 9.59 Å². The number of halogens is 1. The van der Waals surface area contributed by atoms with E-state index in [0.717, 1.165) is 5.56 Å². The monoisotopic (exact) mass is 289 g/mol. The molecule has 0 unspecified atom stereocenters. The topological polar surface area (TPSA) is 71.1 Å². The van der Waals surface area contributed by atoms with Gasteiger partial charge in [0.05, 0.1) is 5.69 Å². The summed E-state index contributed by atoms with van der Waals surface area (Å²) in [6.45, 7) is 1.84. The molecule has 0 aliphatic carbocycles. The van der Waals surface area contributed by atoms with Gasteiger partial charge in [0.25, 0.3) is 0 Å². The van der Waals surface area contributed by atoms with Crippen molar-refractivity contribution >= 4 is 34.8 Å². The lowest BCUT2D eigenvalue weighted by Crippen LogP contribution is -2.29. The first kappa shape index (κ1) is 14.0. The van der Waals surface area contributed by atoms with Crippen LogP contribution in [0.1, 0.15) is 5.56 Å². The molecule has 2 rings (SSSR count). The number of carbonyl (C=O) groups excluding carboxylic acids is 2. The van der Waals surface area contributed by atoms with E-state index in [1.165, 1.54) is 6.20 Å². The smallest absolute Gasteiger partial charge is 0.314 e. The van der Waals surface area contributed by atoms with E-state index in [0.29, 0.717) is 11.4 Å². The van der Waals surface area contributed by atoms with Gasteiger partial charge < -0.3 is 10.6 Å². The minimum absolute atomic E-state index is 0.129. The van der Waals surface area contributed by atoms with Crippen LogP contribution in [0.2, 0.25) is 5.15 Å². The molecule has 0 radical (unpaired) electrons. The molecule has 20 heavy (non-hydrogen) atoms. The first-order valence-corrected chi connectivity index (χ1v) is 6.24. The standard InChI is InChI=1S/C14H12ClN3O2/c1-9-5-2-3-6-10(9)17-13(19)14(20)18-11-7-4-8-16-12(11)15/h2-8H,1H3,(H,17,19)(H,18,20). The van der Waals surface area contributed by atoms with Gasteiger partial charge in [-0.25, -0.2) is 4.98 Å². The van der Waals surface area contributed by atoms with Crippen LogP contribution in [0.3, 0.4) is 0 Å². The van der Waals surface area contributed by atoms with Gasteiger partial charge in [0.2, 0.25) is 0 Å². The highest BCUT2D eigenvalue weighted by molar-refractivity contribution is 6.44. The molecule has 0 saturated heterocycles. The van der Waals surface area contributed by atoms with Gasteiger partial charge >= 0.3 is 11.8 Å². The maximum atomic E-state index is 11.8. The maximum Gasteiger partial charge on any atom is 0.314 e. The summed E-state index contributed by atoms with van der Waals surface area (Å²) in [4.78, 5) is 27.4. The maximum absolute atomic E-state index is 11.8. The fourth-order valence-corrected chi connectivity index (χ4v) is 1.72. The molecule has 0 bridgehead atoms. The Labute approximate surface area is 121 Å². The lowest BCUT2D eigenvalue weighted by atomic mass is 10.2. The zero-order valence-corrected chi connectivity index (χ0v) is 11.4. The number of aryl methyl sites for hydroxylation is 1. The average molecular weight is 290 g/mol. The van der Waals surface area contributed by atoms with Crippen LogP contribution < -0.4 is 10.6 Å². The number of nitrogens with one attached hydrogen (secondary N) is 2. The van der Waals surface area contributed by atoms with Crippen molar-refractivity contribution in [2.75, 3.05) is 10.6 Å². The van der Waals surface area contributed by atoms with Crippen LogP contribution in [0.15, 0.2) is 42.6 Å². The lowest BCUT2D eigenvalue weighted by molar-refractivity contribution is -0.133. The molecule has 1 aromatic heterocycles. The van der Waals surface area contributed by atoms with Gasteiger partial charge in [-0.15, -0.1) is 0 Å². The first-order chi connectivity index (χ1) is 9.58. The number of para-hydroxylation sites is 1. The Hall–Kier alpha value is -2.40. The average Bonchev–Trinajstić information content (AvgIpc) is 2.43. The van der Waals surface area contributed by atoms with E-state index in [1.54, 1.807) is 24.3 Å². The van der Waals surface area contributed by atoms with Crippen LogP contribution in [0.25, 0.3) is 0 Å². The number of hydrogen-bond acceptors (Lipinski definition) is 3. The van der Waals surface area contributed by atoms with Gasteiger partial charge in [0.15, 0.2) is 5.15 Å². The van der Waals surface area contributed by atoms with Crippen molar-refractivity contribution in [2.24, 2.45) is 0 Å². The summed E-state index contributed by atoms with van der Waals surface area (Å²) in [5.74, 6) is -1.57. The largest absolute Gasteiger partial charge is 0.318 e. The van der Waals surface area contributed by atoms with E-state index in [9.17, 15) is 9.59 Å². The molecule has 1 aromatic carbocycles. The van der Waals surface area contributed by atoms with E-state index in [1.807, 2.05) is 19.1 Å². The number of amides is 2. The molecule has 2 aromatic rings. The second-order valence-corrected chi connectivity index (χ2v) is 4.42. The summed E-state index contributed by atoms with van der Waals surface area (Å²) in [6.07, 6.45) is 1.49. The molecule has 1 heterocycles. The number of nitrogens with zero attached hydrogens (tertiary/aromatic N) is 1. The molecular weight excluding hydrogens is 278 g/mol. The highest BCUT2D eigenvalue weighted by Gasteiger charge is 2.16. The van der Waals surface area contributed by atoms with E-state index in [2.05, 4.69) is 15.6 Å². The predicted molar refractivity (Wildman–Crippen MR) is 77.7 cm³/mol. The SMILES string of the molecule is Cc1ccccc1NC(=O)C(=O)Nc1cccnc1Cl. The third-order valence-electron chi connectivity index (χ3n) is 2.61. The predicted octanol–water partition coefficient (Wildman–Crippen LogP) is 2.62. The Morgan fingerprint density at radius 1 is 1.00 bits per heavy atom. The minimum Gasteiger partial charge on any atom is -0.318 e. The van der Waals surface area contributed by atoms with Crippen LogP contribution in [-0.4, -0.2) is 16.8 Å². The summed E-state index contributed by atoms with van der Waals surface area (Å²) < 4.78 is 0. The Balaban J connectivity index is 2.05. The highest BCUT2D eigenvalue weighted by Crippen LogP contribution is 2.17. The van der Waals surface area contributed by atoms with Crippen LogP contribution in [-0.2, 0) is 9.59 Å². The van der Waals surface area contributed by atoms with Gasteiger partial charge in [-0.05, 0) is 30.7 Å². The number of aromatic nitrogens is 1. The molecule has 5 nitrogen and oxygen atoms in total. The first-order valence-electron chi connectivity index (χ1n) is 5.86. The summed E-state index contributed by atoms with van der Waals surface area (Å²) in [5, 5.41) is 5.07. The zero-order chi connectivity index (χ0) is 14.5. The second kappa shape index (κ2) is 6.16. The molecule has 6 heteroatoms. The van der Waals surface area contributed by atoms with Crippen molar-refractivity contribution < 1.29 is 9.59 Å². The fraction of sp³-hybridized carbons (Fsp3) is 0.0714. The molecule has 2 N–H and O–H groups in total. The number of anilines is 2. The number of carbonyl (C=O) groups is 2. The molecule has 0 aliphatic rings. The summed E-state index contributed by atoms with van der Waals surface area (Å²) >= 11 is 5.80. The van der Waals surface area contributed by atoms with E-state index in [4.69, 9.17) is 11.6 Å². The summed E-state index contributed by atoms with van der Waals surface area (Å²) in [6, 6.07) is 10.4. The highest BCUT2D eigenvalue weighted by atomic mass is 35.5. The second-order valence-electron chi connectivity index (χ2n) is 4.06. The van der Waals surface area contributed by atoms with Gasteiger partial charge in [-0.2, -0.15) is 0 Å². The quantitative estimate of drug-likeness (QED) is 0.659. The van der Waals surface area contributed by atoms with Crippen LogP contribution in [0.5, 0.6) is 0 Å². The fourth-order valence-electron chi connectivity index (χ4n) is 1.55. The Kier molecular flexibility index (Phi) is 4.32. The van der Waals surface area contributed by atoms with Crippen molar-refractivity contribution in [3.05, 3.63) is 53.3 Å². The number of benzene rings is 1.